The number of carbonyl (C=O) groups excluding carboxylic acids is 1. The number of unbranched alkanes of at least 4 members (excludes halogenated alkanes) is 2. The number of aliphatic hydroxyl groups is 1. The molecule has 1 rings (SSSR count). The molecule has 0 unspecified atom stereocenters. The summed E-state index contributed by atoms with van der Waals surface area (Å²) in [6.45, 7) is 4.20. The fourth-order valence-electron chi connectivity index (χ4n) is 1.64. The Hall–Kier alpha value is -0.610. The Morgan fingerprint density at radius 2 is 2.12 bits per heavy atom. The molecule has 0 aromatic carbocycles. The zero-order valence-corrected chi connectivity index (χ0v) is 10.0. The summed E-state index contributed by atoms with van der Waals surface area (Å²) in [6, 6.07) is 0. The van der Waals surface area contributed by atoms with Crippen molar-refractivity contribution in [3.8, 4) is 0 Å². The van der Waals surface area contributed by atoms with E-state index in [4.69, 9.17) is 14.6 Å². The van der Waals surface area contributed by atoms with Gasteiger partial charge in [-0.15, -0.1) is 0 Å². The number of rotatable bonds is 8. The van der Waals surface area contributed by atoms with E-state index in [1.165, 1.54) is 0 Å². The van der Waals surface area contributed by atoms with Crippen molar-refractivity contribution in [2.24, 2.45) is 5.41 Å². The summed E-state index contributed by atoms with van der Waals surface area (Å²) in [5, 5.41) is 8.58. The SMILES string of the molecule is CCC1(COC(=O)CCCCCO)COC1. The van der Waals surface area contributed by atoms with Crippen molar-refractivity contribution >= 4 is 5.97 Å². The molecular formula is C12H22O4. The lowest BCUT2D eigenvalue weighted by atomic mass is 9.84. The van der Waals surface area contributed by atoms with Gasteiger partial charge in [0.15, 0.2) is 0 Å². The van der Waals surface area contributed by atoms with Crippen LogP contribution in [0.5, 0.6) is 0 Å². The molecule has 0 amide bonds. The van der Waals surface area contributed by atoms with Crippen molar-refractivity contribution in [3.05, 3.63) is 0 Å². The Balaban J connectivity index is 2.05. The lowest BCUT2D eigenvalue weighted by Gasteiger charge is -2.39. The van der Waals surface area contributed by atoms with Crippen LogP contribution in [0.3, 0.4) is 0 Å². The molecule has 1 aliphatic rings. The molecule has 0 aromatic heterocycles. The van der Waals surface area contributed by atoms with Gasteiger partial charge in [0.2, 0.25) is 0 Å². The van der Waals surface area contributed by atoms with E-state index in [0.29, 0.717) is 26.2 Å². The molecule has 1 saturated heterocycles. The first-order valence-electron chi connectivity index (χ1n) is 6.07. The van der Waals surface area contributed by atoms with Crippen LogP contribution in [0.1, 0.15) is 39.0 Å². The summed E-state index contributed by atoms with van der Waals surface area (Å²) in [5.74, 6) is -0.127. The second kappa shape index (κ2) is 6.86. The topological polar surface area (TPSA) is 55.8 Å². The van der Waals surface area contributed by atoms with Gasteiger partial charge in [-0.05, 0) is 19.3 Å². The van der Waals surface area contributed by atoms with Gasteiger partial charge in [0.25, 0.3) is 0 Å². The van der Waals surface area contributed by atoms with Crippen LogP contribution in [0, 0.1) is 5.41 Å². The van der Waals surface area contributed by atoms with E-state index in [-0.39, 0.29) is 18.0 Å². The molecule has 4 nitrogen and oxygen atoms in total. The third-order valence-electron chi connectivity index (χ3n) is 3.14. The van der Waals surface area contributed by atoms with Crippen molar-refractivity contribution in [3.63, 3.8) is 0 Å². The number of carbonyl (C=O) groups is 1. The van der Waals surface area contributed by atoms with Gasteiger partial charge in [-0.2, -0.15) is 0 Å². The number of ether oxygens (including phenoxy) is 2. The maximum Gasteiger partial charge on any atom is 0.305 e. The van der Waals surface area contributed by atoms with E-state index in [1.807, 2.05) is 0 Å². The number of aliphatic hydroxyl groups excluding tert-OH is 1. The van der Waals surface area contributed by atoms with Crippen LogP contribution in [-0.4, -0.2) is 37.5 Å². The van der Waals surface area contributed by atoms with Crippen LogP contribution in [-0.2, 0) is 14.3 Å². The second-order valence-electron chi connectivity index (χ2n) is 4.54. The molecule has 94 valence electrons. The predicted molar refractivity (Wildman–Crippen MR) is 60.1 cm³/mol. The van der Waals surface area contributed by atoms with E-state index in [2.05, 4.69) is 6.92 Å². The zero-order valence-electron chi connectivity index (χ0n) is 10.0. The molecule has 0 aliphatic carbocycles. The third kappa shape index (κ3) is 4.10. The Bertz CT molecular complexity index is 206. The first kappa shape index (κ1) is 13.5. The van der Waals surface area contributed by atoms with Crippen LogP contribution >= 0.6 is 0 Å². The number of esters is 1. The lowest BCUT2D eigenvalue weighted by Crippen LogP contribution is -2.46. The first-order valence-corrected chi connectivity index (χ1v) is 6.07. The molecule has 1 N–H and O–H groups in total. The van der Waals surface area contributed by atoms with Gasteiger partial charge < -0.3 is 14.6 Å². The quantitative estimate of drug-likeness (QED) is 0.507. The number of hydrogen-bond acceptors (Lipinski definition) is 4. The minimum absolute atomic E-state index is 0.0841. The highest BCUT2D eigenvalue weighted by Gasteiger charge is 2.38. The van der Waals surface area contributed by atoms with E-state index in [9.17, 15) is 4.79 Å². The van der Waals surface area contributed by atoms with Crippen molar-refractivity contribution < 1.29 is 19.4 Å². The molecule has 0 bridgehead atoms. The minimum Gasteiger partial charge on any atom is -0.465 e. The molecule has 0 radical (unpaired) electrons. The third-order valence-corrected chi connectivity index (χ3v) is 3.14. The summed E-state index contributed by atoms with van der Waals surface area (Å²) in [4.78, 5) is 11.4. The molecule has 0 saturated carbocycles. The fraction of sp³-hybridized carbons (Fsp3) is 0.917. The summed E-state index contributed by atoms with van der Waals surface area (Å²) >= 11 is 0. The molecule has 0 spiro atoms. The second-order valence-corrected chi connectivity index (χ2v) is 4.54. The van der Waals surface area contributed by atoms with Gasteiger partial charge in [0, 0.05) is 13.0 Å². The summed E-state index contributed by atoms with van der Waals surface area (Å²) in [7, 11) is 0. The van der Waals surface area contributed by atoms with Crippen molar-refractivity contribution in [2.75, 3.05) is 26.4 Å². The van der Waals surface area contributed by atoms with Crippen LogP contribution in [0.2, 0.25) is 0 Å². The standard InChI is InChI=1S/C12H22O4/c1-2-12(8-15-9-12)10-16-11(14)6-4-3-5-7-13/h13H,2-10H2,1H3. The fourth-order valence-corrected chi connectivity index (χ4v) is 1.64. The van der Waals surface area contributed by atoms with E-state index < -0.39 is 0 Å². The molecule has 1 heterocycles. The molecule has 1 fully saturated rings. The van der Waals surface area contributed by atoms with Crippen LogP contribution in [0.25, 0.3) is 0 Å². The summed E-state index contributed by atoms with van der Waals surface area (Å²) in [5.41, 5.74) is 0.0841. The normalized spacial score (nSPS) is 17.9. The smallest absolute Gasteiger partial charge is 0.305 e. The van der Waals surface area contributed by atoms with Crippen LogP contribution < -0.4 is 0 Å². The highest BCUT2D eigenvalue weighted by atomic mass is 16.5. The van der Waals surface area contributed by atoms with Crippen LogP contribution in [0.4, 0.5) is 0 Å². The lowest BCUT2D eigenvalue weighted by molar-refractivity contribution is -0.170. The van der Waals surface area contributed by atoms with E-state index in [1.54, 1.807) is 0 Å². The average Bonchev–Trinajstić information content (AvgIpc) is 2.24. The first-order chi connectivity index (χ1) is 7.72. The van der Waals surface area contributed by atoms with Gasteiger partial charge in [0.05, 0.1) is 18.6 Å². The van der Waals surface area contributed by atoms with E-state index in [0.717, 1.165) is 25.7 Å². The largest absolute Gasteiger partial charge is 0.465 e. The highest BCUT2D eigenvalue weighted by molar-refractivity contribution is 5.69. The maximum absolute atomic E-state index is 11.4. The molecule has 16 heavy (non-hydrogen) atoms. The van der Waals surface area contributed by atoms with Gasteiger partial charge in [-0.3, -0.25) is 4.79 Å². The van der Waals surface area contributed by atoms with Crippen molar-refractivity contribution in [1.29, 1.82) is 0 Å². The Kier molecular flexibility index (Phi) is 5.77. The molecule has 4 heteroatoms. The Morgan fingerprint density at radius 1 is 1.38 bits per heavy atom. The summed E-state index contributed by atoms with van der Waals surface area (Å²) < 4.78 is 10.4. The molecule has 0 atom stereocenters. The van der Waals surface area contributed by atoms with Gasteiger partial charge in [-0.1, -0.05) is 13.3 Å². The molecular weight excluding hydrogens is 208 g/mol. The van der Waals surface area contributed by atoms with Gasteiger partial charge in [0.1, 0.15) is 6.61 Å². The molecule has 0 aromatic rings. The predicted octanol–water partition coefficient (Wildman–Crippen LogP) is 1.51. The molecule has 1 aliphatic heterocycles. The van der Waals surface area contributed by atoms with Crippen molar-refractivity contribution in [1.82, 2.24) is 0 Å². The van der Waals surface area contributed by atoms with Crippen molar-refractivity contribution in [2.45, 2.75) is 39.0 Å². The Morgan fingerprint density at radius 3 is 2.62 bits per heavy atom. The van der Waals surface area contributed by atoms with Gasteiger partial charge >= 0.3 is 5.97 Å². The Labute approximate surface area is 96.9 Å². The average molecular weight is 230 g/mol. The van der Waals surface area contributed by atoms with E-state index >= 15 is 0 Å². The number of hydrogen-bond donors (Lipinski definition) is 1. The zero-order chi connectivity index (χ0) is 11.9. The highest BCUT2D eigenvalue weighted by Crippen LogP contribution is 2.31. The monoisotopic (exact) mass is 230 g/mol. The maximum atomic E-state index is 11.4. The van der Waals surface area contributed by atoms with Crippen LogP contribution in [0.15, 0.2) is 0 Å². The van der Waals surface area contributed by atoms with Gasteiger partial charge in [-0.25, -0.2) is 0 Å². The summed E-state index contributed by atoms with van der Waals surface area (Å²) in [6.07, 6.45) is 3.90. The minimum atomic E-state index is -0.127.